The first-order valence-corrected chi connectivity index (χ1v) is 6.50. The van der Waals surface area contributed by atoms with Gasteiger partial charge in [-0.05, 0) is 11.3 Å². The number of hydrogen-bond donors (Lipinski definition) is 4. The number of aliphatic carboxylic acids is 1. The van der Waals surface area contributed by atoms with Crippen LogP contribution in [0.15, 0.2) is 0 Å². The van der Waals surface area contributed by atoms with Crippen molar-refractivity contribution in [2.24, 2.45) is 17.1 Å². The van der Waals surface area contributed by atoms with Crippen LogP contribution < -0.4 is 16.4 Å². The Kier molecular flexibility index (Phi) is 6.15. The normalized spacial score (nSPS) is 14.6. The van der Waals surface area contributed by atoms with Crippen molar-refractivity contribution in [1.82, 2.24) is 10.6 Å². The van der Waals surface area contributed by atoms with Gasteiger partial charge in [0.2, 0.25) is 11.8 Å². The summed E-state index contributed by atoms with van der Waals surface area (Å²) in [6.07, 6.45) is 0. The molecule has 7 heteroatoms. The predicted molar refractivity (Wildman–Crippen MR) is 74.9 cm³/mol. The molecule has 1 unspecified atom stereocenters. The standard InChI is InChI=1S/C13H25N3O4/c1-8(2)13(11(19)20,12(3,4)5)16-10(18)7-15-9(17)6-14/h8H,6-7,14H2,1-5H3,(H,15,17)(H,16,18)(H,19,20). The zero-order valence-corrected chi connectivity index (χ0v) is 12.7. The SMILES string of the molecule is CC(C)C(NC(=O)CNC(=O)CN)(C(=O)O)C(C)(C)C. The highest BCUT2D eigenvalue weighted by Gasteiger charge is 2.52. The van der Waals surface area contributed by atoms with E-state index < -0.39 is 28.7 Å². The van der Waals surface area contributed by atoms with Crippen LogP contribution >= 0.6 is 0 Å². The van der Waals surface area contributed by atoms with E-state index in [1.165, 1.54) is 0 Å². The van der Waals surface area contributed by atoms with E-state index >= 15 is 0 Å². The first-order chi connectivity index (χ1) is 8.99. The number of carboxylic acid groups (broad SMARTS) is 1. The smallest absolute Gasteiger partial charge is 0.330 e. The second-order valence-corrected chi connectivity index (χ2v) is 6.05. The molecule has 20 heavy (non-hydrogen) atoms. The number of nitrogens with one attached hydrogen (secondary N) is 2. The van der Waals surface area contributed by atoms with Gasteiger partial charge in [-0.25, -0.2) is 4.79 Å². The van der Waals surface area contributed by atoms with Crippen LogP contribution in [0.2, 0.25) is 0 Å². The Hall–Kier alpha value is -1.63. The van der Waals surface area contributed by atoms with E-state index in [4.69, 9.17) is 5.73 Å². The molecule has 0 aromatic carbocycles. The van der Waals surface area contributed by atoms with Gasteiger partial charge < -0.3 is 21.5 Å². The Morgan fingerprint density at radius 3 is 1.95 bits per heavy atom. The van der Waals surface area contributed by atoms with Crippen LogP contribution in [0.25, 0.3) is 0 Å². The van der Waals surface area contributed by atoms with Crippen molar-refractivity contribution < 1.29 is 19.5 Å². The number of hydrogen-bond acceptors (Lipinski definition) is 4. The highest BCUT2D eigenvalue weighted by Crippen LogP contribution is 2.36. The molecule has 0 spiro atoms. The predicted octanol–water partition coefficient (Wildman–Crippen LogP) is -0.297. The summed E-state index contributed by atoms with van der Waals surface area (Å²) in [6.45, 7) is 8.20. The van der Waals surface area contributed by atoms with Gasteiger partial charge >= 0.3 is 5.97 Å². The molecule has 0 aliphatic carbocycles. The maximum absolute atomic E-state index is 11.9. The summed E-state index contributed by atoms with van der Waals surface area (Å²) >= 11 is 0. The van der Waals surface area contributed by atoms with Gasteiger partial charge in [0.15, 0.2) is 0 Å². The van der Waals surface area contributed by atoms with Crippen LogP contribution in [0.1, 0.15) is 34.6 Å². The molecule has 116 valence electrons. The number of carboxylic acids is 1. The summed E-state index contributed by atoms with van der Waals surface area (Å²) in [7, 11) is 0. The first-order valence-electron chi connectivity index (χ1n) is 6.50. The molecule has 0 bridgehead atoms. The Morgan fingerprint density at radius 2 is 1.65 bits per heavy atom. The number of carbonyl (C=O) groups is 3. The largest absolute Gasteiger partial charge is 0.479 e. The minimum atomic E-state index is -1.42. The van der Waals surface area contributed by atoms with Crippen molar-refractivity contribution >= 4 is 17.8 Å². The highest BCUT2D eigenvalue weighted by atomic mass is 16.4. The molecule has 0 rings (SSSR count). The number of rotatable bonds is 6. The molecule has 0 aliphatic rings. The molecule has 0 fully saturated rings. The van der Waals surface area contributed by atoms with Crippen molar-refractivity contribution in [3.8, 4) is 0 Å². The van der Waals surface area contributed by atoms with Crippen LogP contribution in [0.5, 0.6) is 0 Å². The van der Waals surface area contributed by atoms with Gasteiger partial charge in [0.05, 0.1) is 13.1 Å². The Labute approximate surface area is 119 Å². The van der Waals surface area contributed by atoms with Crippen LogP contribution in [-0.4, -0.2) is 41.5 Å². The van der Waals surface area contributed by atoms with Crippen molar-refractivity contribution in [3.05, 3.63) is 0 Å². The Morgan fingerprint density at radius 1 is 1.15 bits per heavy atom. The average Bonchev–Trinajstić information content (AvgIpc) is 2.30. The number of amides is 2. The second kappa shape index (κ2) is 6.69. The van der Waals surface area contributed by atoms with Crippen LogP contribution in [0, 0.1) is 11.3 Å². The van der Waals surface area contributed by atoms with Crippen molar-refractivity contribution in [2.75, 3.05) is 13.1 Å². The van der Waals surface area contributed by atoms with Gasteiger partial charge in [0, 0.05) is 0 Å². The molecule has 0 aromatic rings. The van der Waals surface area contributed by atoms with E-state index in [0.29, 0.717) is 0 Å². The summed E-state index contributed by atoms with van der Waals surface area (Å²) in [4.78, 5) is 34.6. The molecular formula is C13H25N3O4. The topological polar surface area (TPSA) is 122 Å². The summed E-state index contributed by atoms with van der Waals surface area (Å²) < 4.78 is 0. The first kappa shape index (κ1) is 18.4. The van der Waals surface area contributed by atoms with E-state index in [1.54, 1.807) is 34.6 Å². The van der Waals surface area contributed by atoms with E-state index in [-0.39, 0.29) is 19.0 Å². The fourth-order valence-corrected chi connectivity index (χ4v) is 2.33. The summed E-state index contributed by atoms with van der Waals surface area (Å²) in [5.41, 5.74) is 3.00. The summed E-state index contributed by atoms with van der Waals surface area (Å²) in [6, 6.07) is 0. The fourth-order valence-electron chi connectivity index (χ4n) is 2.33. The third kappa shape index (κ3) is 3.93. The third-order valence-electron chi connectivity index (χ3n) is 3.35. The minimum Gasteiger partial charge on any atom is -0.479 e. The number of carbonyl (C=O) groups excluding carboxylic acids is 2. The van der Waals surface area contributed by atoms with E-state index in [2.05, 4.69) is 10.6 Å². The lowest BCUT2D eigenvalue weighted by atomic mass is 9.67. The van der Waals surface area contributed by atoms with E-state index in [0.717, 1.165) is 0 Å². The lowest BCUT2D eigenvalue weighted by Gasteiger charge is -2.44. The summed E-state index contributed by atoms with van der Waals surface area (Å²) in [5, 5.41) is 14.5. The van der Waals surface area contributed by atoms with Crippen LogP contribution in [-0.2, 0) is 14.4 Å². The average molecular weight is 287 g/mol. The Balaban J connectivity index is 5.15. The van der Waals surface area contributed by atoms with Gasteiger partial charge in [-0.3, -0.25) is 9.59 Å². The van der Waals surface area contributed by atoms with Crippen molar-refractivity contribution in [2.45, 2.75) is 40.2 Å². The molecular weight excluding hydrogens is 262 g/mol. The quantitative estimate of drug-likeness (QED) is 0.534. The minimum absolute atomic E-state index is 0.221. The van der Waals surface area contributed by atoms with E-state index in [1.807, 2.05) is 0 Å². The van der Waals surface area contributed by atoms with Gasteiger partial charge in [0.1, 0.15) is 5.54 Å². The maximum Gasteiger partial charge on any atom is 0.330 e. The molecule has 0 saturated heterocycles. The molecule has 0 heterocycles. The molecule has 0 aromatic heterocycles. The number of nitrogens with two attached hydrogens (primary N) is 1. The molecule has 0 radical (unpaired) electrons. The van der Waals surface area contributed by atoms with Crippen molar-refractivity contribution in [1.29, 1.82) is 0 Å². The molecule has 0 aliphatic heterocycles. The van der Waals surface area contributed by atoms with Gasteiger partial charge in [-0.1, -0.05) is 34.6 Å². The van der Waals surface area contributed by atoms with Gasteiger partial charge in [-0.15, -0.1) is 0 Å². The van der Waals surface area contributed by atoms with Crippen LogP contribution in [0.3, 0.4) is 0 Å². The highest BCUT2D eigenvalue weighted by molar-refractivity contribution is 5.91. The third-order valence-corrected chi connectivity index (χ3v) is 3.35. The molecule has 2 amide bonds. The second-order valence-electron chi connectivity index (χ2n) is 6.05. The fraction of sp³-hybridized carbons (Fsp3) is 0.769. The monoisotopic (exact) mass is 287 g/mol. The lowest BCUT2D eigenvalue weighted by molar-refractivity contribution is -0.156. The van der Waals surface area contributed by atoms with Crippen molar-refractivity contribution in [3.63, 3.8) is 0 Å². The molecule has 5 N–H and O–H groups in total. The Bertz CT molecular complexity index is 388. The maximum atomic E-state index is 11.9. The molecule has 7 nitrogen and oxygen atoms in total. The summed E-state index contributed by atoms with van der Waals surface area (Å²) in [5.74, 6) is -2.45. The lowest BCUT2D eigenvalue weighted by Crippen LogP contribution is -2.66. The van der Waals surface area contributed by atoms with Crippen LogP contribution in [0.4, 0.5) is 0 Å². The van der Waals surface area contributed by atoms with Gasteiger partial charge in [-0.2, -0.15) is 0 Å². The zero-order chi connectivity index (χ0) is 16.1. The molecule has 0 saturated carbocycles. The van der Waals surface area contributed by atoms with Gasteiger partial charge in [0.25, 0.3) is 0 Å². The molecule has 1 atom stereocenters. The van der Waals surface area contributed by atoms with E-state index in [9.17, 15) is 19.5 Å². The zero-order valence-electron chi connectivity index (χ0n) is 12.7.